The summed E-state index contributed by atoms with van der Waals surface area (Å²) < 4.78 is 0. The lowest BCUT2D eigenvalue weighted by atomic mass is 9.92. The van der Waals surface area contributed by atoms with E-state index in [-0.39, 0.29) is 5.91 Å². The number of rotatable bonds is 7. The molecule has 1 aliphatic heterocycles. The van der Waals surface area contributed by atoms with Gasteiger partial charge in [0.1, 0.15) is 0 Å². The minimum atomic E-state index is 0.0315. The molecule has 2 heterocycles. The lowest BCUT2D eigenvalue weighted by Crippen LogP contribution is -2.36. The third-order valence-corrected chi connectivity index (χ3v) is 5.98. The molecule has 1 atom stereocenters. The molecular weight excluding hydrogens is 372 g/mol. The van der Waals surface area contributed by atoms with Gasteiger partial charge in [-0.2, -0.15) is 5.10 Å². The number of amides is 1. The normalized spacial score (nSPS) is 17.0. The quantitative estimate of drug-likeness (QED) is 0.647. The maximum atomic E-state index is 13.1. The van der Waals surface area contributed by atoms with E-state index in [1.807, 2.05) is 37.4 Å². The van der Waals surface area contributed by atoms with Gasteiger partial charge in [-0.05, 0) is 36.9 Å². The standard InChI is InChI=1S/C25H30N4O/c1-28(18-21-11-6-3-7-12-21)25(30)23-17-26-27-24(23)22-13-8-15-29(19-22)16-14-20-9-4-2-5-10-20/h2-7,9-12,17,22H,8,13-16,18-19H2,1H3,(H,26,27)/t22-/m1/s1. The number of piperidine rings is 1. The zero-order valence-corrected chi connectivity index (χ0v) is 17.6. The van der Waals surface area contributed by atoms with Crippen molar-refractivity contribution >= 4 is 5.91 Å². The van der Waals surface area contributed by atoms with Crippen LogP contribution >= 0.6 is 0 Å². The number of hydrogen-bond acceptors (Lipinski definition) is 3. The van der Waals surface area contributed by atoms with Gasteiger partial charge in [-0.3, -0.25) is 9.89 Å². The van der Waals surface area contributed by atoms with Crippen LogP contribution in [0.2, 0.25) is 0 Å². The molecule has 1 amide bonds. The first-order chi connectivity index (χ1) is 14.7. The highest BCUT2D eigenvalue weighted by Gasteiger charge is 2.27. The summed E-state index contributed by atoms with van der Waals surface area (Å²) in [5.74, 6) is 0.352. The molecule has 0 bridgehead atoms. The third-order valence-electron chi connectivity index (χ3n) is 5.98. The number of aromatic amines is 1. The molecule has 0 saturated carbocycles. The monoisotopic (exact) mass is 402 g/mol. The second kappa shape index (κ2) is 9.72. The van der Waals surface area contributed by atoms with Crippen LogP contribution in [-0.2, 0) is 13.0 Å². The summed E-state index contributed by atoms with van der Waals surface area (Å²) in [5.41, 5.74) is 4.20. The van der Waals surface area contributed by atoms with E-state index in [0.717, 1.165) is 50.2 Å². The molecule has 30 heavy (non-hydrogen) atoms. The fourth-order valence-corrected chi connectivity index (χ4v) is 4.34. The molecule has 1 saturated heterocycles. The molecule has 4 rings (SSSR count). The van der Waals surface area contributed by atoms with Crippen molar-refractivity contribution in [3.63, 3.8) is 0 Å². The summed E-state index contributed by atoms with van der Waals surface area (Å²) in [4.78, 5) is 17.4. The molecular formula is C25H30N4O. The molecule has 0 radical (unpaired) electrons. The molecule has 0 aliphatic carbocycles. The van der Waals surface area contributed by atoms with Gasteiger partial charge < -0.3 is 9.80 Å². The third kappa shape index (κ3) is 4.97. The van der Waals surface area contributed by atoms with Crippen LogP contribution in [0, 0.1) is 0 Å². The van der Waals surface area contributed by atoms with E-state index in [0.29, 0.717) is 18.0 Å². The first-order valence-electron chi connectivity index (χ1n) is 10.8. The van der Waals surface area contributed by atoms with Gasteiger partial charge in [-0.25, -0.2) is 0 Å². The number of aromatic nitrogens is 2. The van der Waals surface area contributed by atoms with Gasteiger partial charge in [0.05, 0.1) is 17.5 Å². The topological polar surface area (TPSA) is 52.2 Å². The van der Waals surface area contributed by atoms with Gasteiger partial charge in [0.25, 0.3) is 5.91 Å². The second-order valence-corrected chi connectivity index (χ2v) is 8.22. The van der Waals surface area contributed by atoms with Crippen molar-refractivity contribution in [1.29, 1.82) is 0 Å². The maximum absolute atomic E-state index is 13.1. The number of benzene rings is 2. The van der Waals surface area contributed by atoms with Crippen molar-refractivity contribution < 1.29 is 4.79 Å². The van der Waals surface area contributed by atoms with Crippen LogP contribution in [0.5, 0.6) is 0 Å². The van der Waals surface area contributed by atoms with E-state index in [4.69, 9.17) is 0 Å². The first-order valence-corrected chi connectivity index (χ1v) is 10.8. The Balaban J connectivity index is 1.39. The Kier molecular flexibility index (Phi) is 6.60. The molecule has 156 valence electrons. The summed E-state index contributed by atoms with van der Waals surface area (Å²) in [6.07, 6.45) is 4.99. The molecule has 5 heteroatoms. The second-order valence-electron chi connectivity index (χ2n) is 8.22. The predicted octanol–water partition coefficient (Wildman–Crippen LogP) is 4.10. The van der Waals surface area contributed by atoms with E-state index in [9.17, 15) is 4.79 Å². The average Bonchev–Trinajstić information content (AvgIpc) is 3.29. The van der Waals surface area contributed by atoms with E-state index < -0.39 is 0 Å². The number of likely N-dealkylation sites (tertiary alicyclic amines) is 1. The van der Waals surface area contributed by atoms with Crippen molar-refractivity contribution in [3.8, 4) is 0 Å². The van der Waals surface area contributed by atoms with E-state index in [1.54, 1.807) is 11.1 Å². The van der Waals surface area contributed by atoms with Crippen LogP contribution in [0.4, 0.5) is 0 Å². The van der Waals surface area contributed by atoms with Crippen LogP contribution in [0.15, 0.2) is 66.9 Å². The Morgan fingerprint density at radius 3 is 2.53 bits per heavy atom. The fourth-order valence-electron chi connectivity index (χ4n) is 4.34. The fraction of sp³-hybridized carbons (Fsp3) is 0.360. The van der Waals surface area contributed by atoms with E-state index in [2.05, 4.69) is 45.4 Å². The Hall–Kier alpha value is -2.92. The maximum Gasteiger partial charge on any atom is 0.257 e. The highest BCUT2D eigenvalue weighted by atomic mass is 16.2. The Bertz CT molecular complexity index is 938. The number of carbonyl (C=O) groups excluding carboxylic acids is 1. The highest BCUT2D eigenvalue weighted by Crippen LogP contribution is 2.28. The summed E-state index contributed by atoms with van der Waals surface area (Å²) >= 11 is 0. The summed E-state index contributed by atoms with van der Waals surface area (Å²) in [6, 6.07) is 20.7. The van der Waals surface area contributed by atoms with Gasteiger partial charge in [0.2, 0.25) is 0 Å². The lowest BCUT2D eigenvalue weighted by Gasteiger charge is -2.32. The predicted molar refractivity (Wildman–Crippen MR) is 119 cm³/mol. The smallest absolute Gasteiger partial charge is 0.257 e. The number of nitrogens with one attached hydrogen (secondary N) is 1. The molecule has 1 N–H and O–H groups in total. The molecule has 1 fully saturated rings. The van der Waals surface area contributed by atoms with Crippen LogP contribution < -0.4 is 0 Å². The van der Waals surface area contributed by atoms with Gasteiger partial charge >= 0.3 is 0 Å². The SMILES string of the molecule is CN(Cc1ccccc1)C(=O)c1cn[nH]c1[C@@H]1CCCN(CCc2ccccc2)C1. The van der Waals surface area contributed by atoms with Crippen molar-refractivity contribution in [2.75, 3.05) is 26.7 Å². The van der Waals surface area contributed by atoms with Gasteiger partial charge in [-0.15, -0.1) is 0 Å². The largest absolute Gasteiger partial charge is 0.337 e. The number of carbonyl (C=O) groups is 1. The Labute approximate surface area is 178 Å². The molecule has 1 aromatic heterocycles. The highest BCUT2D eigenvalue weighted by molar-refractivity contribution is 5.95. The van der Waals surface area contributed by atoms with Gasteiger partial charge in [-0.1, -0.05) is 60.7 Å². The van der Waals surface area contributed by atoms with Crippen molar-refractivity contribution in [2.24, 2.45) is 0 Å². The van der Waals surface area contributed by atoms with Crippen LogP contribution in [-0.4, -0.2) is 52.6 Å². The summed E-state index contributed by atoms with van der Waals surface area (Å²) in [7, 11) is 1.86. The molecule has 0 unspecified atom stereocenters. The van der Waals surface area contributed by atoms with Crippen molar-refractivity contribution in [1.82, 2.24) is 20.0 Å². The molecule has 1 aliphatic rings. The minimum Gasteiger partial charge on any atom is -0.337 e. The van der Waals surface area contributed by atoms with Crippen LogP contribution in [0.1, 0.15) is 45.9 Å². The van der Waals surface area contributed by atoms with Crippen LogP contribution in [0.3, 0.4) is 0 Å². The van der Waals surface area contributed by atoms with Gasteiger partial charge in [0, 0.05) is 32.6 Å². The molecule has 0 spiro atoms. The zero-order chi connectivity index (χ0) is 20.8. The average molecular weight is 403 g/mol. The van der Waals surface area contributed by atoms with Crippen LogP contribution in [0.25, 0.3) is 0 Å². The molecule has 3 aromatic rings. The summed E-state index contributed by atoms with van der Waals surface area (Å²) in [5, 5.41) is 7.38. The minimum absolute atomic E-state index is 0.0315. The van der Waals surface area contributed by atoms with Crippen molar-refractivity contribution in [3.05, 3.63) is 89.2 Å². The van der Waals surface area contributed by atoms with E-state index in [1.165, 1.54) is 5.56 Å². The number of nitrogens with zero attached hydrogens (tertiary/aromatic N) is 3. The van der Waals surface area contributed by atoms with Crippen molar-refractivity contribution in [2.45, 2.75) is 31.7 Å². The Morgan fingerprint density at radius 1 is 1.10 bits per heavy atom. The molecule has 5 nitrogen and oxygen atoms in total. The zero-order valence-electron chi connectivity index (χ0n) is 17.6. The lowest BCUT2D eigenvalue weighted by molar-refractivity contribution is 0.0782. The first kappa shape index (κ1) is 20.4. The summed E-state index contributed by atoms with van der Waals surface area (Å²) in [6.45, 7) is 3.73. The number of H-pyrrole nitrogens is 1. The van der Waals surface area contributed by atoms with E-state index >= 15 is 0 Å². The van der Waals surface area contributed by atoms with Gasteiger partial charge in [0.15, 0.2) is 0 Å². The number of hydrogen-bond donors (Lipinski definition) is 1. The molecule has 2 aromatic carbocycles. The Morgan fingerprint density at radius 2 is 1.80 bits per heavy atom.